The number of benzene rings is 1. The fourth-order valence-corrected chi connectivity index (χ4v) is 5.34. The van der Waals surface area contributed by atoms with E-state index >= 15 is 0 Å². The summed E-state index contributed by atoms with van der Waals surface area (Å²) in [5.74, 6) is 3.14. The summed E-state index contributed by atoms with van der Waals surface area (Å²) in [7, 11) is 3.19. The molecule has 3 fully saturated rings. The molecule has 4 rings (SSSR count). The summed E-state index contributed by atoms with van der Waals surface area (Å²) < 4.78 is 10.8. The molecule has 2 bridgehead atoms. The highest BCUT2D eigenvalue weighted by Gasteiger charge is 2.45. The molecule has 3 aliphatic rings. The zero-order valence-electron chi connectivity index (χ0n) is 15.3. The molecule has 136 valence electrons. The third-order valence-corrected chi connectivity index (χ3v) is 6.59. The van der Waals surface area contributed by atoms with Gasteiger partial charge in [0.05, 0.1) is 52.0 Å². The second-order valence-corrected chi connectivity index (χ2v) is 7.77. The topological polar surface area (TPSA) is 43.2 Å². The van der Waals surface area contributed by atoms with Gasteiger partial charge in [0.1, 0.15) is 0 Å². The summed E-state index contributed by atoms with van der Waals surface area (Å²) in [5.41, 5.74) is 0.602. The van der Waals surface area contributed by atoms with Crippen LogP contribution in [0.5, 0.6) is 11.5 Å². The van der Waals surface area contributed by atoms with Crippen molar-refractivity contribution in [1.29, 1.82) is 0 Å². The van der Waals surface area contributed by atoms with E-state index in [0.717, 1.165) is 44.1 Å². The number of nitrogens with one attached hydrogen (secondary N) is 1. The quantitative estimate of drug-likeness (QED) is 0.893. The second kappa shape index (κ2) is 6.87. The zero-order chi connectivity index (χ0) is 17.4. The number of hydrogen-bond donors (Lipinski definition) is 1. The number of rotatable bonds is 4. The molecule has 2 saturated carbocycles. The number of nitrogens with zero attached hydrogens (tertiary/aromatic N) is 1. The number of methoxy groups -OCH3 is 2. The van der Waals surface area contributed by atoms with Gasteiger partial charge in [0.2, 0.25) is 0 Å². The van der Waals surface area contributed by atoms with Gasteiger partial charge in [-0.15, -0.1) is 0 Å². The van der Waals surface area contributed by atoms with E-state index in [1.165, 1.54) is 25.7 Å². The molecule has 2 aliphatic carbocycles. The number of piperazine rings is 1. The van der Waals surface area contributed by atoms with Crippen LogP contribution in [-0.2, 0) is 0 Å². The Kier molecular flexibility index (Phi) is 4.59. The van der Waals surface area contributed by atoms with Gasteiger partial charge in [-0.25, -0.2) is 0 Å². The molecule has 1 heterocycles. The molecule has 1 aromatic carbocycles. The van der Waals surface area contributed by atoms with E-state index in [1.807, 2.05) is 23.1 Å². The first-order valence-corrected chi connectivity index (χ1v) is 9.56. The number of ether oxygens (including phenoxy) is 2. The van der Waals surface area contributed by atoms with Gasteiger partial charge in [-0.3, -0.25) is 4.79 Å². The summed E-state index contributed by atoms with van der Waals surface area (Å²) in [6, 6.07) is 6.36. The average Bonchev–Trinajstić information content (AvgIpc) is 3.30. The SMILES string of the molecule is COc1cccc(C(=O)N2CC[NH+]([C@@H]3C[C@H]4CC[C@@H]3C4)CC2)c1OC. The summed E-state index contributed by atoms with van der Waals surface area (Å²) >= 11 is 0. The Balaban J connectivity index is 1.42. The first-order chi connectivity index (χ1) is 12.2. The van der Waals surface area contributed by atoms with E-state index in [9.17, 15) is 4.79 Å². The van der Waals surface area contributed by atoms with Gasteiger partial charge in [0.15, 0.2) is 11.5 Å². The highest BCUT2D eigenvalue weighted by atomic mass is 16.5. The molecule has 1 aromatic rings. The maximum atomic E-state index is 13.0. The van der Waals surface area contributed by atoms with Crippen molar-refractivity contribution >= 4 is 5.91 Å². The highest BCUT2D eigenvalue weighted by molar-refractivity contribution is 5.97. The van der Waals surface area contributed by atoms with Crippen molar-refractivity contribution in [2.24, 2.45) is 11.8 Å². The molecule has 1 saturated heterocycles. The summed E-state index contributed by atoms with van der Waals surface area (Å²) in [6.07, 6.45) is 5.76. The largest absolute Gasteiger partial charge is 0.493 e. The van der Waals surface area contributed by atoms with Crippen LogP contribution in [0.15, 0.2) is 18.2 Å². The molecule has 25 heavy (non-hydrogen) atoms. The van der Waals surface area contributed by atoms with Gasteiger partial charge in [-0.2, -0.15) is 0 Å². The molecule has 1 amide bonds. The lowest BCUT2D eigenvalue weighted by atomic mass is 9.93. The van der Waals surface area contributed by atoms with Crippen LogP contribution in [0.1, 0.15) is 36.0 Å². The van der Waals surface area contributed by atoms with Crippen LogP contribution in [0.4, 0.5) is 0 Å². The van der Waals surface area contributed by atoms with E-state index in [4.69, 9.17) is 9.47 Å². The number of carbonyl (C=O) groups is 1. The van der Waals surface area contributed by atoms with Crippen LogP contribution >= 0.6 is 0 Å². The molecule has 0 spiro atoms. The maximum absolute atomic E-state index is 13.0. The van der Waals surface area contributed by atoms with E-state index in [1.54, 1.807) is 19.1 Å². The molecule has 0 aromatic heterocycles. The number of quaternary nitrogens is 1. The first kappa shape index (κ1) is 16.7. The fourth-order valence-electron chi connectivity index (χ4n) is 5.34. The third kappa shape index (κ3) is 2.99. The van der Waals surface area contributed by atoms with Crippen LogP contribution in [0.2, 0.25) is 0 Å². The van der Waals surface area contributed by atoms with Crippen molar-refractivity contribution < 1.29 is 19.2 Å². The Labute approximate surface area is 149 Å². The van der Waals surface area contributed by atoms with Gasteiger partial charge >= 0.3 is 0 Å². The van der Waals surface area contributed by atoms with Crippen molar-refractivity contribution in [3.8, 4) is 11.5 Å². The summed E-state index contributed by atoms with van der Waals surface area (Å²) in [5, 5.41) is 0. The van der Waals surface area contributed by atoms with Crippen LogP contribution in [-0.4, -0.2) is 57.2 Å². The number of fused-ring (bicyclic) bond motifs is 2. The normalized spacial score (nSPS) is 29.0. The third-order valence-electron chi connectivity index (χ3n) is 6.59. The van der Waals surface area contributed by atoms with Crippen molar-refractivity contribution in [2.75, 3.05) is 40.4 Å². The molecule has 1 aliphatic heterocycles. The molecule has 5 nitrogen and oxygen atoms in total. The maximum Gasteiger partial charge on any atom is 0.258 e. The number of para-hydroxylation sites is 1. The van der Waals surface area contributed by atoms with Gasteiger partial charge in [-0.1, -0.05) is 6.07 Å². The Bertz CT molecular complexity index is 640. The summed E-state index contributed by atoms with van der Waals surface area (Å²) in [4.78, 5) is 16.7. The molecule has 0 unspecified atom stereocenters. The predicted molar refractivity (Wildman–Crippen MR) is 95.4 cm³/mol. The Hall–Kier alpha value is -1.75. The summed E-state index contributed by atoms with van der Waals surface area (Å²) in [6.45, 7) is 3.82. The van der Waals surface area contributed by atoms with Crippen molar-refractivity contribution in [3.63, 3.8) is 0 Å². The van der Waals surface area contributed by atoms with E-state index in [-0.39, 0.29) is 5.91 Å². The minimum absolute atomic E-state index is 0.0581. The van der Waals surface area contributed by atoms with Gasteiger partial charge in [0.25, 0.3) is 5.91 Å². The fraction of sp³-hybridized carbons (Fsp3) is 0.650. The van der Waals surface area contributed by atoms with Crippen molar-refractivity contribution in [3.05, 3.63) is 23.8 Å². The lowest BCUT2D eigenvalue weighted by molar-refractivity contribution is -0.932. The monoisotopic (exact) mass is 345 g/mol. The van der Waals surface area contributed by atoms with Crippen molar-refractivity contribution in [2.45, 2.75) is 31.7 Å². The standard InChI is InChI=1S/C20H28N2O3/c1-24-18-5-3-4-16(19(18)25-2)20(23)22-10-8-21(9-11-22)17-13-14-6-7-15(17)12-14/h3-5,14-15,17H,6-13H2,1-2H3/p+1/t14-,15+,17+/m0/s1. The van der Waals surface area contributed by atoms with Crippen molar-refractivity contribution in [1.82, 2.24) is 4.90 Å². The molecule has 5 heteroatoms. The Morgan fingerprint density at radius 3 is 2.52 bits per heavy atom. The molecule has 0 radical (unpaired) electrons. The van der Waals surface area contributed by atoms with Gasteiger partial charge in [0, 0.05) is 12.3 Å². The Morgan fingerprint density at radius 1 is 1.12 bits per heavy atom. The lowest BCUT2D eigenvalue weighted by Gasteiger charge is -2.38. The zero-order valence-corrected chi connectivity index (χ0v) is 15.3. The number of hydrogen-bond acceptors (Lipinski definition) is 3. The first-order valence-electron chi connectivity index (χ1n) is 9.56. The minimum atomic E-state index is 0.0581. The highest BCUT2D eigenvalue weighted by Crippen LogP contribution is 2.43. The van der Waals surface area contributed by atoms with Crippen LogP contribution in [0.3, 0.4) is 0 Å². The molecule has 3 atom stereocenters. The van der Waals surface area contributed by atoms with E-state index in [0.29, 0.717) is 17.1 Å². The smallest absolute Gasteiger partial charge is 0.258 e. The average molecular weight is 345 g/mol. The lowest BCUT2D eigenvalue weighted by Crippen LogP contribution is -3.18. The predicted octanol–water partition coefficient (Wildman–Crippen LogP) is 1.23. The van der Waals surface area contributed by atoms with E-state index in [2.05, 4.69) is 0 Å². The van der Waals surface area contributed by atoms with Crippen LogP contribution in [0, 0.1) is 11.8 Å². The molecular formula is C20H29N2O3+. The second-order valence-electron chi connectivity index (χ2n) is 7.77. The van der Waals surface area contributed by atoms with Gasteiger partial charge < -0.3 is 19.3 Å². The van der Waals surface area contributed by atoms with Crippen LogP contribution in [0.25, 0.3) is 0 Å². The Morgan fingerprint density at radius 2 is 1.92 bits per heavy atom. The number of amides is 1. The number of carbonyl (C=O) groups excluding carboxylic acids is 1. The minimum Gasteiger partial charge on any atom is -0.493 e. The van der Waals surface area contributed by atoms with Crippen LogP contribution < -0.4 is 14.4 Å². The van der Waals surface area contributed by atoms with Gasteiger partial charge in [-0.05, 0) is 37.3 Å². The molecular weight excluding hydrogens is 316 g/mol. The van der Waals surface area contributed by atoms with E-state index < -0.39 is 0 Å². The molecule has 1 N–H and O–H groups in total.